The van der Waals surface area contributed by atoms with Crippen LogP contribution in [0.3, 0.4) is 0 Å². The summed E-state index contributed by atoms with van der Waals surface area (Å²) in [6.07, 6.45) is 0. The number of carbonyl (C=O) groups is 2. The molecule has 0 bridgehead atoms. The fourth-order valence-electron chi connectivity index (χ4n) is 1.85. The summed E-state index contributed by atoms with van der Waals surface area (Å²) in [6.45, 7) is 6.69. The van der Waals surface area contributed by atoms with Gasteiger partial charge in [0.2, 0.25) is 0 Å². The lowest BCUT2D eigenvalue weighted by Gasteiger charge is -2.08. The van der Waals surface area contributed by atoms with Crippen molar-refractivity contribution in [3.05, 3.63) is 73.1 Å². The van der Waals surface area contributed by atoms with E-state index in [9.17, 15) is 9.59 Å². The molecule has 0 aromatic heterocycles. The van der Waals surface area contributed by atoms with Crippen molar-refractivity contribution >= 4 is 17.6 Å². The maximum absolute atomic E-state index is 11.4. The van der Waals surface area contributed by atoms with E-state index in [0.29, 0.717) is 11.4 Å². The van der Waals surface area contributed by atoms with Crippen LogP contribution >= 0.6 is 0 Å². The molecule has 24 heavy (non-hydrogen) atoms. The summed E-state index contributed by atoms with van der Waals surface area (Å²) < 4.78 is 5.02. The van der Waals surface area contributed by atoms with E-state index >= 15 is 0 Å². The summed E-state index contributed by atoms with van der Waals surface area (Å²) in [5.41, 5.74) is 12.8. The number of anilines is 1. The SMILES string of the molecule is C=C(N)C(=O)Nc1ccc(-c2ccc(OC(=O)C(=C)N)cc2)cc1. The molecule has 0 heterocycles. The number of amides is 1. The van der Waals surface area contributed by atoms with Gasteiger partial charge in [0, 0.05) is 5.69 Å². The largest absolute Gasteiger partial charge is 0.422 e. The molecule has 0 unspecified atom stereocenters. The number of carbonyl (C=O) groups excluding carboxylic acids is 2. The van der Waals surface area contributed by atoms with Crippen molar-refractivity contribution in [2.45, 2.75) is 0 Å². The van der Waals surface area contributed by atoms with Gasteiger partial charge in [-0.15, -0.1) is 0 Å². The average molecular weight is 323 g/mol. The van der Waals surface area contributed by atoms with Gasteiger partial charge in [-0.1, -0.05) is 37.4 Å². The standard InChI is InChI=1S/C18H17N3O3/c1-11(19)17(22)21-15-7-3-13(4-8-15)14-5-9-16(10-6-14)24-18(23)12(2)20/h3-10H,1-2,19-20H2,(H,21,22). The molecule has 0 aliphatic rings. The number of ether oxygens (including phenoxy) is 1. The highest BCUT2D eigenvalue weighted by atomic mass is 16.5. The highest BCUT2D eigenvalue weighted by Crippen LogP contribution is 2.24. The molecule has 0 saturated carbocycles. The van der Waals surface area contributed by atoms with Gasteiger partial charge in [-0.3, -0.25) is 4.79 Å². The van der Waals surface area contributed by atoms with Crippen molar-refractivity contribution in [1.82, 2.24) is 0 Å². The van der Waals surface area contributed by atoms with Crippen molar-refractivity contribution in [3.8, 4) is 16.9 Å². The Hall–Kier alpha value is -3.54. The van der Waals surface area contributed by atoms with Crippen LogP contribution in [0, 0.1) is 0 Å². The molecular formula is C18H17N3O3. The van der Waals surface area contributed by atoms with Crippen molar-refractivity contribution in [2.24, 2.45) is 11.5 Å². The van der Waals surface area contributed by atoms with Gasteiger partial charge >= 0.3 is 5.97 Å². The molecule has 0 aliphatic carbocycles. The van der Waals surface area contributed by atoms with E-state index in [1.54, 1.807) is 36.4 Å². The predicted octanol–water partition coefficient (Wildman–Crippen LogP) is 2.14. The zero-order chi connectivity index (χ0) is 17.7. The molecule has 2 rings (SSSR count). The molecule has 0 aliphatic heterocycles. The molecule has 5 N–H and O–H groups in total. The Labute approximate surface area is 139 Å². The van der Waals surface area contributed by atoms with Crippen LogP contribution in [-0.4, -0.2) is 11.9 Å². The number of hydrogen-bond donors (Lipinski definition) is 3. The monoisotopic (exact) mass is 323 g/mol. The molecule has 1 amide bonds. The summed E-state index contributed by atoms with van der Waals surface area (Å²) in [5, 5.41) is 2.62. The van der Waals surface area contributed by atoms with Gasteiger partial charge in [0.25, 0.3) is 5.91 Å². The number of nitrogens with one attached hydrogen (secondary N) is 1. The van der Waals surface area contributed by atoms with Crippen LogP contribution in [0.5, 0.6) is 5.75 Å². The highest BCUT2D eigenvalue weighted by molar-refractivity contribution is 6.02. The first-order chi connectivity index (χ1) is 11.4. The highest BCUT2D eigenvalue weighted by Gasteiger charge is 2.07. The zero-order valence-electron chi connectivity index (χ0n) is 12.9. The number of benzene rings is 2. The van der Waals surface area contributed by atoms with E-state index in [2.05, 4.69) is 18.5 Å². The molecule has 6 nitrogen and oxygen atoms in total. The molecule has 0 atom stereocenters. The smallest absolute Gasteiger partial charge is 0.358 e. The Morgan fingerprint density at radius 2 is 1.33 bits per heavy atom. The van der Waals surface area contributed by atoms with Gasteiger partial charge in [0.15, 0.2) is 0 Å². The second-order valence-electron chi connectivity index (χ2n) is 5.00. The fourth-order valence-corrected chi connectivity index (χ4v) is 1.85. The van der Waals surface area contributed by atoms with E-state index in [4.69, 9.17) is 16.2 Å². The number of esters is 1. The molecule has 6 heteroatoms. The third-order valence-electron chi connectivity index (χ3n) is 3.09. The van der Waals surface area contributed by atoms with Crippen LogP contribution < -0.4 is 21.5 Å². The average Bonchev–Trinajstić information content (AvgIpc) is 2.56. The Bertz CT molecular complexity index is 724. The Morgan fingerprint density at radius 3 is 1.79 bits per heavy atom. The van der Waals surface area contributed by atoms with Gasteiger partial charge in [-0.25, -0.2) is 4.79 Å². The van der Waals surface area contributed by atoms with E-state index in [1.165, 1.54) is 0 Å². The quantitative estimate of drug-likeness (QED) is 0.444. The van der Waals surface area contributed by atoms with E-state index < -0.39 is 11.9 Å². The van der Waals surface area contributed by atoms with E-state index in [-0.39, 0.29) is 11.4 Å². The van der Waals surface area contributed by atoms with Gasteiger partial charge in [-0.05, 0) is 35.4 Å². The lowest BCUT2D eigenvalue weighted by atomic mass is 10.1. The first-order valence-corrected chi connectivity index (χ1v) is 6.99. The van der Waals surface area contributed by atoms with Crippen LogP contribution in [0.25, 0.3) is 11.1 Å². The Kier molecular flexibility index (Phi) is 5.01. The van der Waals surface area contributed by atoms with Crippen LogP contribution in [0.2, 0.25) is 0 Å². The van der Waals surface area contributed by atoms with Crippen LogP contribution in [0.1, 0.15) is 0 Å². The summed E-state index contributed by atoms with van der Waals surface area (Å²) >= 11 is 0. The number of rotatable bonds is 5. The summed E-state index contributed by atoms with van der Waals surface area (Å²) in [5.74, 6) is -0.736. The van der Waals surface area contributed by atoms with Crippen LogP contribution in [0.4, 0.5) is 5.69 Å². The van der Waals surface area contributed by atoms with Gasteiger partial charge < -0.3 is 21.5 Å². The maximum Gasteiger partial charge on any atom is 0.358 e. The molecule has 2 aromatic carbocycles. The number of hydrogen-bond acceptors (Lipinski definition) is 5. The first kappa shape index (κ1) is 16.8. The van der Waals surface area contributed by atoms with Gasteiger partial charge in [0.05, 0.1) is 5.70 Å². The second-order valence-corrected chi connectivity index (χ2v) is 5.00. The van der Waals surface area contributed by atoms with E-state index in [1.807, 2.05) is 12.1 Å². The molecule has 2 aromatic rings. The van der Waals surface area contributed by atoms with Crippen molar-refractivity contribution in [2.75, 3.05) is 5.32 Å². The van der Waals surface area contributed by atoms with Gasteiger partial charge in [-0.2, -0.15) is 0 Å². The summed E-state index contributed by atoms with van der Waals surface area (Å²) in [7, 11) is 0. The molecule has 0 fully saturated rings. The maximum atomic E-state index is 11.4. The van der Waals surface area contributed by atoms with Crippen molar-refractivity contribution < 1.29 is 14.3 Å². The topological polar surface area (TPSA) is 107 Å². The van der Waals surface area contributed by atoms with E-state index in [0.717, 1.165) is 11.1 Å². The van der Waals surface area contributed by atoms with Crippen LogP contribution in [-0.2, 0) is 9.59 Å². The minimum Gasteiger partial charge on any atom is -0.422 e. The van der Waals surface area contributed by atoms with Crippen molar-refractivity contribution in [3.63, 3.8) is 0 Å². The molecular weight excluding hydrogens is 306 g/mol. The van der Waals surface area contributed by atoms with Crippen LogP contribution in [0.15, 0.2) is 73.1 Å². The predicted molar refractivity (Wildman–Crippen MR) is 92.8 cm³/mol. The minimum atomic E-state index is -0.677. The normalized spacial score (nSPS) is 9.83. The lowest BCUT2D eigenvalue weighted by Crippen LogP contribution is -2.18. The van der Waals surface area contributed by atoms with Gasteiger partial charge in [0.1, 0.15) is 11.4 Å². The zero-order valence-corrected chi connectivity index (χ0v) is 12.9. The lowest BCUT2D eigenvalue weighted by molar-refractivity contribution is -0.130. The fraction of sp³-hybridized carbons (Fsp3) is 0. The third-order valence-corrected chi connectivity index (χ3v) is 3.09. The summed E-state index contributed by atoms with van der Waals surface area (Å²) in [6, 6.07) is 14.1. The molecule has 0 radical (unpaired) electrons. The summed E-state index contributed by atoms with van der Waals surface area (Å²) in [4.78, 5) is 22.8. The first-order valence-electron chi connectivity index (χ1n) is 6.99. The molecule has 122 valence electrons. The molecule has 0 spiro atoms. The second kappa shape index (κ2) is 7.15. The Balaban J connectivity index is 2.09. The third kappa shape index (κ3) is 4.23. The number of nitrogens with two attached hydrogens (primary N) is 2. The minimum absolute atomic E-state index is 0.0515. The molecule has 0 saturated heterocycles. The van der Waals surface area contributed by atoms with Crippen molar-refractivity contribution in [1.29, 1.82) is 0 Å². The Morgan fingerprint density at radius 1 is 0.833 bits per heavy atom.